The number of nitrogens with zero attached hydrogens (tertiary/aromatic N) is 2. The minimum Gasteiger partial charge on any atom is -0.307 e. The van der Waals surface area contributed by atoms with Gasteiger partial charge in [0.25, 0.3) is 0 Å². The first kappa shape index (κ1) is 19.0. The van der Waals surface area contributed by atoms with E-state index in [1.807, 2.05) is 18.2 Å². The summed E-state index contributed by atoms with van der Waals surface area (Å²) in [6.45, 7) is 4.10. The Labute approximate surface area is 166 Å². The molecular formula is C24H28FN3. The summed E-state index contributed by atoms with van der Waals surface area (Å²) in [7, 11) is 0. The maximum atomic E-state index is 14.0. The first-order valence-electron chi connectivity index (χ1n) is 10.3. The Hall–Kier alpha value is -2.30. The van der Waals surface area contributed by atoms with E-state index in [-0.39, 0.29) is 5.82 Å². The van der Waals surface area contributed by atoms with Crippen LogP contribution < -0.4 is 5.32 Å². The van der Waals surface area contributed by atoms with E-state index >= 15 is 0 Å². The summed E-state index contributed by atoms with van der Waals surface area (Å²) >= 11 is 0. The molecule has 1 aromatic heterocycles. The van der Waals surface area contributed by atoms with Gasteiger partial charge in [0.1, 0.15) is 11.3 Å². The van der Waals surface area contributed by atoms with E-state index in [0.29, 0.717) is 18.1 Å². The third-order valence-electron chi connectivity index (χ3n) is 5.59. The van der Waals surface area contributed by atoms with E-state index in [4.69, 9.17) is 0 Å². The van der Waals surface area contributed by atoms with Crippen LogP contribution >= 0.6 is 0 Å². The van der Waals surface area contributed by atoms with Crippen molar-refractivity contribution in [1.82, 2.24) is 15.2 Å². The van der Waals surface area contributed by atoms with Crippen LogP contribution in [0.25, 0.3) is 10.9 Å². The van der Waals surface area contributed by atoms with Gasteiger partial charge in [0.15, 0.2) is 0 Å². The first-order chi connectivity index (χ1) is 13.8. The smallest absolute Gasteiger partial charge is 0.149 e. The highest BCUT2D eigenvalue weighted by Crippen LogP contribution is 2.17. The monoisotopic (exact) mass is 377 g/mol. The zero-order chi connectivity index (χ0) is 19.2. The number of hydrogen-bond donors (Lipinski definition) is 1. The van der Waals surface area contributed by atoms with Crippen LogP contribution in [0, 0.1) is 5.82 Å². The molecule has 1 saturated heterocycles. The number of likely N-dealkylation sites (tertiary alicyclic amines) is 1. The molecule has 0 saturated carbocycles. The lowest BCUT2D eigenvalue weighted by atomic mass is 10.0. The largest absolute Gasteiger partial charge is 0.307 e. The van der Waals surface area contributed by atoms with Gasteiger partial charge in [-0.3, -0.25) is 0 Å². The fraction of sp³-hybridized carbons (Fsp3) is 0.375. The molecule has 0 radical (unpaired) electrons. The maximum absolute atomic E-state index is 14.0. The van der Waals surface area contributed by atoms with Crippen LogP contribution in [0.3, 0.4) is 0 Å². The Morgan fingerprint density at radius 3 is 2.82 bits per heavy atom. The standard InChI is InChI=1S/C24H28FN3/c25-23-12-4-10-20-13-14-21(27-24(20)23)17-26-22-11-6-16-28(18-22)15-5-9-19-7-2-1-3-8-19/h1-4,7-8,10,12-14,22,26H,5-6,9,11,15-18H2. The molecule has 4 heteroatoms. The molecule has 4 rings (SSSR count). The molecule has 0 aliphatic carbocycles. The van der Waals surface area contributed by atoms with Crippen molar-refractivity contribution in [2.24, 2.45) is 0 Å². The van der Waals surface area contributed by atoms with Crippen molar-refractivity contribution in [2.75, 3.05) is 19.6 Å². The first-order valence-corrected chi connectivity index (χ1v) is 10.3. The molecule has 1 aliphatic heterocycles. The SMILES string of the molecule is Fc1cccc2ccc(CNC3CCCN(CCCc4ccccc4)C3)nc12. The number of para-hydroxylation sites is 1. The molecular weight excluding hydrogens is 349 g/mol. The highest BCUT2D eigenvalue weighted by molar-refractivity contribution is 5.79. The summed E-state index contributed by atoms with van der Waals surface area (Å²) in [4.78, 5) is 7.08. The molecule has 3 aromatic rings. The molecule has 1 fully saturated rings. The number of aromatic nitrogens is 1. The highest BCUT2D eigenvalue weighted by atomic mass is 19.1. The molecule has 28 heavy (non-hydrogen) atoms. The van der Waals surface area contributed by atoms with Gasteiger partial charge in [0.2, 0.25) is 0 Å². The third-order valence-corrected chi connectivity index (χ3v) is 5.59. The average molecular weight is 378 g/mol. The van der Waals surface area contributed by atoms with Crippen LogP contribution in [0.15, 0.2) is 60.7 Å². The average Bonchev–Trinajstić information content (AvgIpc) is 2.74. The molecule has 0 bridgehead atoms. The summed E-state index contributed by atoms with van der Waals surface area (Å²) in [6.07, 6.45) is 4.75. The van der Waals surface area contributed by atoms with Gasteiger partial charge in [0, 0.05) is 24.5 Å². The Kier molecular flexibility index (Phi) is 6.30. The molecule has 1 unspecified atom stereocenters. The van der Waals surface area contributed by atoms with Crippen LogP contribution in [0.1, 0.15) is 30.5 Å². The number of fused-ring (bicyclic) bond motifs is 1. The molecule has 0 amide bonds. The van der Waals surface area contributed by atoms with E-state index in [1.165, 1.54) is 37.4 Å². The van der Waals surface area contributed by atoms with Gasteiger partial charge in [-0.15, -0.1) is 0 Å². The van der Waals surface area contributed by atoms with Crippen molar-refractivity contribution < 1.29 is 4.39 Å². The summed E-state index contributed by atoms with van der Waals surface area (Å²) in [5, 5.41) is 4.49. The van der Waals surface area contributed by atoms with Crippen molar-refractivity contribution in [3.63, 3.8) is 0 Å². The third kappa shape index (κ3) is 4.94. The maximum Gasteiger partial charge on any atom is 0.149 e. The summed E-state index contributed by atoms with van der Waals surface area (Å²) in [5.41, 5.74) is 2.79. The topological polar surface area (TPSA) is 28.2 Å². The Balaban J connectivity index is 1.26. The summed E-state index contributed by atoms with van der Waals surface area (Å²) in [5.74, 6) is -0.249. The normalized spacial score (nSPS) is 17.8. The van der Waals surface area contributed by atoms with Crippen LogP contribution in [0.4, 0.5) is 4.39 Å². The number of halogens is 1. The minimum atomic E-state index is -0.249. The van der Waals surface area contributed by atoms with E-state index < -0.39 is 0 Å². The highest BCUT2D eigenvalue weighted by Gasteiger charge is 2.19. The zero-order valence-electron chi connectivity index (χ0n) is 16.3. The molecule has 2 heterocycles. The second-order valence-electron chi connectivity index (χ2n) is 7.72. The molecule has 3 nitrogen and oxygen atoms in total. The number of rotatable bonds is 7. The molecule has 2 aromatic carbocycles. The Morgan fingerprint density at radius 1 is 1.04 bits per heavy atom. The van der Waals surface area contributed by atoms with Gasteiger partial charge >= 0.3 is 0 Å². The fourth-order valence-electron chi connectivity index (χ4n) is 4.08. The predicted molar refractivity (Wildman–Crippen MR) is 113 cm³/mol. The molecule has 1 aliphatic rings. The van der Waals surface area contributed by atoms with Crippen molar-refractivity contribution in [2.45, 2.75) is 38.3 Å². The number of benzene rings is 2. The Morgan fingerprint density at radius 2 is 1.93 bits per heavy atom. The fourth-order valence-corrected chi connectivity index (χ4v) is 4.08. The lowest BCUT2D eigenvalue weighted by Crippen LogP contribution is -2.45. The van der Waals surface area contributed by atoms with Crippen molar-refractivity contribution >= 4 is 10.9 Å². The van der Waals surface area contributed by atoms with Gasteiger partial charge in [-0.05, 0) is 56.5 Å². The quantitative estimate of drug-likeness (QED) is 0.654. The minimum absolute atomic E-state index is 0.249. The molecule has 1 atom stereocenters. The molecule has 1 N–H and O–H groups in total. The number of nitrogens with one attached hydrogen (secondary N) is 1. The zero-order valence-corrected chi connectivity index (χ0v) is 16.3. The van der Waals surface area contributed by atoms with E-state index in [0.717, 1.165) is 30.6 Å². The predicted octanol–water partition coefficient (Wildman–Crippen LogP) is 4.56. The lowest BCUT2D eigenvalue weighted by molar-refractivity contribution is 0.188. The van der Waals surface area contributed by atoms with Gasteiger partial charge in [-0.1, -0.05) is 48.5 Å². The van der Waals surface area contributed by atoms with E-state index in [1.54, 1.807) is 6.07 Å². The number of piperidine rings is 1. The van der Waals surface area contributed by atoms with E-state index in [9.17, 15) is 4.39 Å². The summed E-state index contributed by atoms with van der Waals surface area (Å²) < 4.78 is 14.0. The second-order valence-corrected chi connectivity index (χ2v) is 7.72. The van der Waals surface area contributed by atoms with Crippen LogP contribution in [-0.4, -0.2) is 35.6 Å². The summed E-state index contributed by atoms with van der Waals surface area (Å²) in [6, 6.07) is 20.2. The Bertz CT molecular complexity index is 897. The van der Waals surface area contributed by atoms with Crippen LogP contribution in [0.5, 0.6) is 0 Å². The van der Waals surface area contributed by atoms with E-state index in [2.05, 4.69) is 45.5 Å². The molecule has 146 valence electrons. The number of hydrogen-bond acceptors (Lipinski definition) is 3. The lowest BCUT2D eigenvalue weighted by Gasteiger charge is -2.33. The number of pyridine rings is 1. The van der Waals surface area contributed by atoms with Crippen molar-refractivity contribution in [3.8, 4) is 0 Å². The molecule has 0 spiro atoms. The van der Waals surface area contributed by atoms with Crippen LogP contribution in [-0.2, 0) is 13.0 Å². The second kappa shape index (κ2) is 9.26. The van der Waals surface area contributed by atoms with Gasteiger partial charge in [-0.25, -0.2) is 9.37 Å². The van der Waals surface area contributed by atoms with Gasteiger partial charge in [-0.2, -0.15) is 0 Å². The van der Waals surface area contributed by atoms with Gasteiger partial charge in [0.05, 0.1) is 5.69 Å². The number of aryl methyl sites for hydroxylation is 1. The van der Waals surface area contributed by atoms with Crippen molar-refractivity contribution in [1.29, 1.82) is 0 Å². The van der Waals surface area contributed by atoms with Crippen LogP contribution in [0.2, 0.25) is 0 Å². The van der Waals surface area contributed by atoms with Gasteiger partial charge < -0.3 is 10.2 Å². The van der Waals surface area contributed by atoms with Crippen molar-refractivity contribution in [3.05, 3.63) is 77.7 Å².